The molecule has 4 saturated heterocycles. The van der Waals surface area contributed by atoms with Crippen LogP contribution in [0.3, 0.4) is 0 Å². The highest BCUT2D eigenvalue weighted by Gasteiger charge is 2.60. The number of nitro groups is 1. The van der Waals surface area contributed by atoms with Crippen LogP contribution >= 0.6 is 0 Å². The van der Waals surface area contributed by atoms with E-state index in [1.54, 1.807) is 26.8 Å². The maximum atomic E-state index is 11.2. The van der Waals surface area contributed by atoms with Crippen LogP contribution < -0.4 is 20.1 Å². The zero-order valence-corrected chi connectivity index (χ0v) is 14.5. The predicted octanol–water partition coefficient (Wildman–Crippen LogP) is -3.02. The van der Waals surface area contributed by atoms with Crippen molar-refractivity contribution in [1.29, 1.82) is 0 Å². The molecule has 0 radical (unpaired) electrons. The highest BCUT2D eigenvalue weighted by atomic mass is 16.6. The van der Waals surface area contributed by atoms with Crippen LogP contribution in [0.4, 0.5) is 5.69 Å². The molecule has 4 fully saturated rings. The lowest BCUT2D eigenvalue weighted by atomic mass is 9.74. The third-order valence-corrected chi connectivity index (χ3v) is 5.46. The quantitative estimate of drug-likeness (QED) is 0.261. The highest BCUT2D eigenvalue weighted by Crippen LogP contribution is 2.25. The van der Waals surface area contributed by atoms with E-state index in [9.17, 15) is 10.1 Å². The van der Waals surface area contributed by atoms with Gasteiger partial charge in [0.25, 0.3) is 5.69 Å². The Kier molecular flexibility index (Phi) is 3.82. The first-order valence-corrected chi connectivity index (χ1v) is 8.70. The number of rotatable bonds is 5. The van der Waals surface area contributed by atoms with E-state index < -0.39 is 0 Å². The molecule has 4 heterocycles. The third-order valence-electron chi connectivity index (χ3n) is 5.46. The molecule has 0 atom stereocenters. The molecule has 0 amide bonds. The van der Waals surface area contributed by atoms with E-state index in [4.69, 9.17) is 0 Å². The normalized spacial score (nSPS) is 33.3. The second-order valence-electron chi connectivity index (χ2n) is 7.75. The van der Waals surface area contributed by atoms with Crippen molar-refractivity contribution in [2.75, 3.05) is 39.6 Å². The van der Waals surface area contributed by atoms with E-state index in [0.29, 0.717) is 0 Å². The Bertz CT molecular complexity index is 724. The van der Waals surface area contributed by atoms with Gasteiger partial charge in [-0.3, -0.25) is 15.5 Å². The van der Waals surface area contributed by atoms with E-state index in [1.807, 2.05) is 13.0 Å². The van der Waals surface area contributed by atoms with Gasteiger partial charge in [-0.15, -0.1) is 0 Å². The van der Waals surface area contributed by atoms with E-state index >= 15 is 0 Å². The van der Waals surface area contributed by atoms with Crippen molar-refractivity contribution in [1.82, 2.24) is 5.43 Å². The van der Waals surface area contributed by atoms with Gasteiger partial charge >= 0.3 is 0 Å². The molecule has 4 aliphatic heterocycles. The molecule has 4 N–H and O–H groups in total. The lowest BCUT2D eigenvalue weighted by molar-refractivity contribution is -1.30. The number of hydrazone groups is 1. The molecule has 1 aromatic carbocycles. The first-order valence-electron chi connectivity index (χ1n) is 8.70. The van der Waals surface area contributed by atoms with Gasteiger partial charge in [-0.05, 0) is 6.92 Å². The maximum absolute atomic E-state index is 11.2. The number of non-ortho nitro benzene ring substituents is 1. The molecular weight excluding hydrogens is 320 g/mol. The number of quaternary nitrogens is 3. The molecule has 8 heteroatoms. The minimum absolute atomic E-state index is 0.0492. The molecule has 1 aromatic rings. The Hall–Kier alpha value is -2.29. The van der Waals surface area contributed by atoms with Gasteiger partial charge in [-0.25, -0.2) is 14.7 Å². The van der Waals surface area contributed by atoms with E-state index in [1.165, 1.54) is 26.1 Å². The second-order valence-corrected chi connectivity index (χ2v) is 7.75. The average Bonchev–Trinajstić information content (AvgIpc) is 2.53. The Morgan fingerprint density at radius 1 is 1.24 bits per heavy atom. The van der Waals surface area contributed by atoms with Crippen LogP contribution in [0, 0.1) is 15.5 Å². The summed E-state index contributed by atoms with van der Waals surface area (Å²) in [6.07, 6.45) is 0. The number of nitrogens with zero attached hydrogens (tertiary/aromatic N) is 2. The Morgan fingerprint density at radius 3 is 2.36 bits per heavy atom. The van der Waals surface area contributed by atoms with Crippen molar-refractivity contribution in [2.45, 2.75) is 6.92 Å². The smallest absolute Gasteiger partial charge is 0.270 e. The summed E-state index contributed by atoms with van der Waals surface area (Å²) in [5, 5.41) is 15.9. The van der Waals surface area contributed by atoms with Crippen LogP contribution in [-0.2, 0) is 0 Å². The minimum Gasteiger partial charge on any atom is -0.283 e. The number of nitro benzene ring substituents is 1. The molecular formula is C17H25N6O2+3. The number of benzene rings is 1. The van der Waals surface area contributed by atoms with E-state index in [2.05, 4.69) is 17.1 Å². The molecule has 4 bridgehead atoms. The molecule has 0 aromatic heterocycles. The summed E-state index contributed by atoms with van der Waals surface area (Å²) in [6.45, 7) is 12.4. The summed E-state index contributed by atoms with van der Waals surface area (Å²) >= 11 is 0. The fourth-order valence-electron chi connectivity index (χ4n) is 4.90. The standard InChI is InChI=1S/C17H22N6O2/c1-13(2)18-19-16(14-4-3-5-15(6-14)23(24)25)17-7-20-10-21(8-17)12-22(9-17)11-20/h3-6,18H,1,7-12H2,2H3/p+3. The van der Waals surface area contributed by atoms with Gasteiger partial charge in [0.2, 0.25) is 20.0 Å². The molecule has 0 spiro atoms. The van der Waals surface area contributed by atoms with E-state index in [0.717, 1.165) is 36.6 Å². The maximum Gasteiger partial charge on any atom is 0.270 e. The fraction of sp³-hybridized carbons (Fsp3) is 0.471. The van der Waals surface area contributed by atoms with Crippen LogP contribution in [0.25, 0.3) is 0 Å². The van der Waals surface area contributed by atoms with Crippen LogP contribution in [0.2, 0.25) is 0 Å². The second kappa shape index (κ2) is 5.91. The van der Waals surface area contributed by atoms with Crippen molar-refractivity contribution in [3.63, 3.8) is 0 Å². The summed E-state index contributed by atoms with van der Waals surface area (Å²) in [4.78, 5) is 15.7. The van der Waals surface area contributed by atoms with Gasteiger partial charge in [-0.2, -0.15) is 5.10 Å². The third kappa shape index (κ3) is 2.92. The van der Waals surface area contributed by atoms with Gasteiger partial charge in [0.1, 0.15) is 19.6 Å². The van der Waals surface area contributed by atoms with Crippen molar-refractivity contribution in [3.8, 4) is 0 Å². The monoisotopic (exact) mass is 345 g/mol. The zero-order chi connectivity index (χ0) is 17.6. The highest BCUT2D eigenvalue weighted by molar-refractivity contribution is 6.05. The SMILES string of the molecule is C=C(C)NN=C(c1cccc([N+](=O)[O-])c1)C12C[NH+]3C[NH+](C[NH+](C3)C1)C2. The largest absolute Gasteiger partial charge is 0.283 e. The minimum atomic E-state index is -0.342. The van der Waals surface area contributed by atoms with Crippen molar-refractivity contribution >= 4 is 11.4 Å². The Morgan fingerprint density at radius 2 is 1.84 bits per heavy atom. The van der Waals surface area contributed by atoms with Crippen molar-refractivity contribution in [2.24, 2.45) is 10.5 Å². The summed E-state index contributed by atoms with van der Waals surface area (Å²) < 4.78 is 0. The Balaban J connectivity index is 1.77. The average molecular weight is 345 g/mol. The van der Waals surface area contributed by atoms with Gasteiger partial charge in [0.15, 0.2) is 5.41 Å². The number of nitrogens with one attached hydrogen (secondary N) is 4. The summed E-state index contributed by atoms with van der Waals surface area (Å²) in [7, 11) is 0. The summed E-state index contributed by atoms with van der Waals surface area (Å²) in [5.74, 6) is 0. The predicted molar refractivity (Wildman–Crippen MR) is 92.1 cm³/mol. The lowest BCUT2D eigenvalue weighted by Gasteiger charge is -2.52. The van der Waals surface area contributed by atoms with Crippen LogP contribution in [0.15, 0.2) is 41.6 Å². The first-order chi connectivity index (χ1) is 11.9. The molecule has 0 saturated carbocycles. The van der Waals surface area contributed by atoms with Gasteiger partial charge < -0.3 is 0 Å². The molecule has 0 unspecified atom stereocenters. The zero-order valence-electron chi connectivity index (χ0n) is 14.5. The number of hydrogen-bond donors (Lipinski definition) is 4. The Labute approximate surface area is 146 Å². The fourth-order valence-corrected chi connectivity index (χ4v) is 4.90. The number of hydrogen-bond acceptors (Lipinski definition) is 4. The van der Waals surface area contributed by atoms with Crippen molar-refractivity contribution in [3.05, 3.63) is 52.2 Å². The summed E-state index contributed by atoms with van der Waals surface area (Å²) in [6, 6.07) is 6.87. The molecule has 8 nitrogen and oxygen atoms in total. The van der Waals surface area contributed by atoms with Gasteiger partial charge in [0, 0.05) is 23.4 Å². The van der Waals surface area contributed by atoms with Gasteiger partial charge in [0.05, 0.1) is 10.6 Å². The molecule has 132 valence electrons. The molecule has 0 aliphatic carbocycles. The van der Waals surface area contributed by atoms with Gasteiger partial charge in [-0.1, -0.05) is 18.7 Å². The lowest BCUT2D eigenvalue weighted by Crippen LogP contribution is -3.56. The molecule has 25 heavy (non-hydrogen) atoms. The topological polar surface area (TPSA) is 80.8 Å². The number of allylic oxidation sites excluding steroid dienone is 1. The van der Waals surface area contributed by atoms with Crippen LogP contribution in [0.1, 0.15) is 12.5 Å². The molecule has 5 rings (SSSR count). The summed E-state index contributed by atoms with van der Waals surface area (Å²) in [5.41, 5.74) is 5.61. The van der Waals surface area contributed by atoms with Crippen LogP contribution in [0.5, 0.6) is 0 Å². The van der Waals surface area contributed by atoms with Crippen LogP contribution in [-0.4, -0.2) is 50.3 Å². The van der Waals surface area contributed by atoms with Crippen molar-refractivity contribution < 1.29 is 19.6 Å². The molecule has 4 aliphatic rings. The first kappa shape index (κ1) is 16.2. The van der Waals surface area contributed by atoms with E-state index in [-0.39, 0.29) is 16.0 Å².